The Kier molecular flexibility index (Phi) is 3.97. The molecule has 1 heterocycles. The molecular formula is C14H19FN2O. The van der Waals surface area contributed by atoms with Crippen LogP contribution in [0, 0.1) is 11.7 Å². The fourth-order valence-corrected chi connectivity index (χ4v) is 2.52. The van der Waals surface area contributed by atoms with E-state index < -0.39 is 0 Å². The third kappa shape index (κ3) is 2.70. The molecule has 2 rings (SSSR count). The van der Waals surface area contributed by atoms with E-state index in [4.69, 9.17) is 0 Å². The first-order valence-electron chi connectivity index (χ1n) is 6.33. The number of piperidine rings is 1. The standard InChI is InChI=1S/C14H19FN2O/c1-10-9-16-8-7-13(10)17(2)14(18)11-3-5-12(15)6-4-11/h3-6,10,13,16H,7-9H2,1-2H3. The highest BCUT2D eigenvalue weighted by Crippen LogP contribution is 2.18. The van der Waals surface area contributed by atoms with Gasteiger partial charge in [0.15, 0.2) is 0 Å². The van der Waals surface area contributed by atoms with E-state index in [2.05, 4.69) is 12.2 Å². The van der Waals surface area contributed by atoms with Crippen molar-refractivity contribution in [2.45, 2.75) is 19.4 Å². The van der Waals surface area contributed by atoms with E-state index in [1.54, 1.807) is 17.0 Å². The highest BCUT2D eigenvalue weighted by Gasteiger charge is 2.28. The second-order valence-corrected chi connectivity index (χ2v) is 4.96. The molecule has 18 heavy (non-hydrogen) atoms. The van der Waals surface area contributed by atoms with Gasteiger partial charge in [-0.15, -0.1) is 0 Å². The largest absolute Gasteiger partial charge is 0.338 e. The molecule has 1 aliphatic heterocycles. The molecule has 1 amide bonds. The number of carbonyl (C=O) groups is 1. The van der Waals surface area contributed by atoms with Gasteiger partial charge in [0, 0.05) is 18.7 Å². The monoisotopic (exact) mass is 250 g/mol. The number of rotatable bonds is 2. The van der Waals surface area contributed by atoms with Crippen LogP contribution >= 0.6 is 0 Å². The van der Waals surface area contributed by atoms with Gasteiger partial charge in [-0.25, -0.2) is 4.39 Å². The average molecular weight is 250 g/mol. The summed E-state index contributed by atoms with van der Waals surface area (Å²) in [6.45, 7) is 4.02. The molecule has 4 heteroatoms. The lowest BCUT2D eigenvalue weighted by Crippen LogP contribution is -2.49. The first-order valence-corrected chi connectivity index (χ1v) is 6.33. The molecule has 2 atom stereocenters. The van der Waals surface area contributed by atoms with Crippen molar-refractivity contribution in [3.05, 3.63) is 35.6 Å². The van der Waals surface area contributed by atoms with Crippen molar-refractivity contribution in [2.24, 2.45) is 5.92 Å². The third-order valence-electron chi connectivity index (χ3n) is 3.65. The number of benzene rings is 1. The van der Waals surface area contributed by atoms with Gasteiger partial charge < -0.3 is 10.2 Å². The zero-order valence-corrected chi connectivity index (χ0v) is 10.8. The van der Waals surface area contributed by atoms with E-state index in [0.717, 1.165) is 19.5 Å². The molecule has 0 radical (unpaired) electrons. The summed E-state index contributed by atoms with van der Waals surface area (Å²) in [5.74, 6) is 0.0892. The summed E-state index contributed by atoms with van der Waals surface area (Å²) in [7, 11) is 1.83. The lowest BCUT2D eigenvalue weighted by molar-refractivity contribution is 0.0644. The fraction of sp³-hybridized carbons (Fsp3) is 0.500. The topological polar surface area (TPSA) is 32.3 Å². The van der Waals surface area contributed by atoms with Crippen LogP contribution < -0.4 is 5.32 Å². The molecule has 1 aromatic carbocycles. The highest BCUT2D eigenvalue weighted by molar-refractivity contribution is 5.94. The Hall–Kier alpha value is -1.42. The number of amides is 1. The van der Waals surface area contributed by atoms with Crippen LogP contribution in [-0.4, -0.2) is 37.0 Å². The molecule has 0 aromatic heterocycles. The minimum Gasteiger partial charge on any atom is -0.338 e. The Bertz CT molecular complexity index is 418. The van der Waals surface area contributed by atoms with Crippen LogP contribution in [0.2, 0.25) is 0 Å². The maximum atomic E-state index is 12.8. The van der Waals surface area contributed by atoms with Gasteiger partial charge in [-0.2, -0.15) is 0 Å². The zero-order valence-electron chi connectivity index (χ0n) is 10.8. The lowest BCUT2D eigenvalue weighted by Gasteiger charge is -2.36. The summed E-state index contributed by atoms with van der Waals surface area (Å²) in [5.41, 5.74) is 0.546. The van der Waals surface area contributed by atoms with E-state index in [1.807, 2.05) is 7.05 Å². The summed E-state index contributed by atoms with van der Waals surface area (Å²) < 4.78 is 12.8. The zero-order chi connectivity index (χ0) is 13.1. The smallest absolute Gasteiger partial charge is 0.253 e. The normalized spacial score (nSPS) is 23.7. The number of hydrogen-bond donors (Lipinski definition) is 1. The summed E-state index contributed by atoms with van der Waals surface area (Å²) in [4.78, 5) is 14.1. The first-order chi connectivity index (χ1) is 8.59. The van der Waals surface area contributed by atoms with E-state index in [-0.39, 0.29) is 17.8 Å². The third-order valence-corrected chi connectivity index (χ3v) is 3.65. The van der Waals surface area contributed by atoms with Crippen molar-refractivity contribution >= 4 is 5.91 Å². The molecule has 0 saturated carbocycles. The number of carbonyl (C=O) groups excluding carboxylic acids is 1. The van der Waals surface area contributed by atoms with Crippen molar-refractivity contribution in [3.8, 4) is 0 Å². The fourth-order valence-electron chi connectivity index (χ4n) is 2.52. The molecule has 0 spiro atoms. The molecule has 2 unspecified atom stereocenters. The Morgan fingerprint density at radius 1 is 1.39 bits per heavy atom. The predicted molar refractivity (Wildman–Crippen MR) is 68.9 cm³/mol. The number of hydrogen-bond acceptors (Lipinski definition) is 2. The molecule has 1 aromatic rings. The molecule has 1 saturated heterocycles. The maximum Gasteiger partial charge on any atom is 0.253 e. The SMILES string of the molecule is CC1CNCCC1N(C)C(=O)c1ccc(F)cc1. The second kappa shape index (κ2) is 5.48. The summed E-state index contributed by atoms with van der Waals surface area (Å²) in [5, 5.41) is 3.32. The van der Waals surface area contributed by atoms with Crippen LogP contribution in [0.3, 0.4) is 0 Å². The van der Waals surface area contributed by atoms with Crippen LogP contribution in [0.25, 0.3) is 0 Å². The molecule has 0 aliphatic carbocycles. The maximum absolute atomic E-state index is 12.8. The molecular weight excluding hydrogens is 231 g/mol. The second-order valence-electron chi connectivity index (χ2n) is 4.96. The van der Waals surface area contributed by atoms with Gasteiger partial charge in [-0.05, 0) is 49.7 Å². The summed E-state index contributed by atoms with van der Waals surface area (Å²) in [6.07, 6.45) is 0.963. The Labute approximate surface area is 107 Å². The van der Waals surface area contributed by atoms with E-state index >= 15 is 0 Å². The van der Waals surface area contributed by atoms with Gasteiger partial charge in [-0.1, -0.05) is 6.92 Å². The van der Waals surface area contributed by atoms with Gasteiger partial charge in [0.05, 0.1) is 0 Å². The van der Waals surface area contributed by atoms with E-state index in [9.17, 15) is 9.18 Å². The van der Waals surface area contributed by atoms with E-state index in [1.165, 1.54) is 12.1 Å². The Morgan fingerprint density at radius 2 is 2.06 bits per heavy atom. The van der Waals surface area contributed by atoms with Gasteiger partial charge >= 0.3 is 0 Å². The minimum atomic E-state index is -0.315. The van der Waals surface area contributed by atoms with Gasteiger partial charge in [0.25, 0.3) is 5.91 Å². The Balaban J connectivity index is 2.10. The number of nitrogens with zero attached hydrogens (tertiary/aromatic N) is 1. The van der Waals surface area contributed by atoms with Gasteiger partial charge in [0.1, 0.15) is 5.82 Å². The lowest BCUT2D eigenvalue weighted by atomic mass is 9.93. The van der Waals surface area contributed by atoms with Crippen molar-refractivity contribution in [3.63, 3.8) is 0 Å². The molecule has 0 bridgehead atoms. The quantitative estimate of drug-likeness (QED) is 0.869. The van der Waals surface area contributed by atoms with Crippen molar-refractivity contribution in [2.75, 3.05) is 20.1 Å². The van der Waals surface area contributed by atoms with Crippen molar-refractivity contribution < 1.29 is 9.18 Å². The average Bonchev–Trinajstić information content (AvgIpc) is 2.38. The Morgan fingerprint density at radius 3 is 2.67 bits per heavy atom. The minimum absolute atomic E-state index is 0.0336. The summed E-state index contributed by atoms with van der Waals surface area (Å²) in [6, 6.07) is 5.99. The van der Waals surface area contributed by atoms with Crippen molar-refractivity contribution in [1.82, 2.24) is 10.2 Å². The van der Waals surface area contributed by atoms with Crippen LogP contribution in [0.5, 0.6) is 0 Å². The summed E-state index contributed by atoms with van der Waals surface area (Å²) >= 11 is 0. The van der Waals surface area contributed by atoms with Gasteiger partial charge in [-0.3, -0.25) is 4.79 Å². The molecule has 1 aliphatic rings. The van der Waals surface area contributed by atoms with Crippen LogP contribution in [-0.2, 0) is 0 Å². The van der Waals surface area contributed by atoms with Crippen LogP contribution in [0.15, 0.2) is 24.3 Å². The van der Waals surface area contributed by atoms with E-state index in [0.29, 0.717) is 11.5 Å². The highest BCUT2D eigenvalue weighted by atomic mass is 19.1. The first kappa shape index (κ1) is 13.0. The number of halogens is 1. The molecule has 3 nitrogen and oxygen atoms in total. The molecule has 1 N–H and O–H groups in total. The van der Waals surface area contributed by atoms with Gasteiger partial charge in [0.2, 0.25) is 0 Å². The van der Waals surface area contributed by atoms with Crippen molar-refractivity contribution in [1.29, 1.82) is 0 Å². The predicted octanol–water partition coefficient (Wildman–Crippen LogP) is 1.90. The van der Waals surface area contributed by atoms with Crippen LogP contribution in [0.1, 0.15) is 23.7 Å². The molecule has 1 fully saturated rings. The molecule has 98 valence electrons. The number of nitrogens with one attached hydrogen (secondary N) is 1. The van der Waals surface area contributed by atoms with Crippen LogP contribution in [0.4, 0.5) is 4.39 Å².